The molecule has 0 aliphatic carbocycles. The summed E-state index contributed by atoms with van der Waals surface area (Å²) >= 11 is 0. The topological polar surface area (TPSA) is 88.5 Å². The summed E-state index contributed by atoms with van der Waals surface area (Å²) in [6.07, 6.45) is 0.537. The van der Waals surface area contributed by atoms with Gasteiger partial charge >= 0.3 is 15.5 Å². The highest BCUT2D eigenvalue weighted by atomic mass is 32.2. The van der Waals surface area contributed by atoms with Gasteiger partial charge in [0.15, 0.2) is 0 Å². The first-order valence-electron chi connectivity index (χ1n) is 9.79. The summed E-state index contributed by atoms with van der Waals surface area (Å²) in [4.78, 5) is 3.99. The molecule has 0 fully saturated rings. The maximum absolute atomic E-state index is 13.1. The molecule has 0 unspecified atom stereocenters. The minimum atomic E-state index is -5.60. The van der Waals surface area contributed by atoms with Crippen LogP contribution in [-0.2, 0) is 16.4 Å². The summed E-state index contributed by atoms with van der Waals surface area (Å²) < 4.78 is 82.0. The largest absolute Gasteiger partial charge is 0.516 e. The van der Waals surface area contributed by atoms with E-state index in [1.165, 1.54) is 36.4 Å². The maximum atomic E-state index is 13.1. The minimum absolute atomic E-state index is 0.138. The van der Waals surface area contributed by atoms with Gasteiger partial charge in [0.05, 0.1) is 24.6 Å². The highest BCUT2D eigenvalue weighted by molar-refractivity contribution is 7.93. The lowest BCUT2D eigenvalue weighted by atomic mass is 9.88. The molecule has 4 rings (SSSR count). The number of alkyl halides is 3. The standard InChI is InChI=1S/C22H18F4N2O4S/c23-15-6-7-16(27-11-15)9-14-12-32-20-10-13(5-8-18(20)21(14)29)17-3-1-2-4-19(17)28-33(30,31)22(24,25)26/h1-8,10-11,14,21,28-29H,9,12H2/t14-,21+/m0/s1. The zero-order valence-corrected chi connectivity index (χ0v) is 17.7. The number of sulfonamides is 1. The number of pyridine rings is 1. The van der Waals surface area contributed by atoms with Crippen molar-refractivity contribution in [3.63, 3.8) is 0 Å². The third kappa shape index (κ3) is 4.79. The van der Waals surface area contributed by atoms with Crippen LogP contribution in [0.2, 0.25) is 0 Å². The fourth-order valence-corrected chi connectivity index (χ4v) is 4.19. The number of para-hydroxylation sites is 1. The molecule has 11 heteroatoms. The third-order valence-corrected chi connectivity index (χ3v) is 6.38. The molecule has 0 bridgehead atoms. The molecule has 0 spiro atoms. The van der Waals surface area contributed by atoms with E-state index in [1.54, 1.807) is 22.9 Å². The van der Waals surface area contributed by atoms with Crippen LogP contribution in [0.3, 0.4) is 0 Å². The van der Waals surface area contributed by atoms with E-state index >= 15 is 0 Å². The van der Waals surface area contributed by atoms with E-state index in [1.807, 2.05) is 0 Å². The fraction of sp³-hybridized carbons (Fsp3) is 0.227. The molecule has 3 aromatic rings. The number of aliphatic hydroxyl groups is 1. The predicted molar refractivity (Wildman–Crippen MR) is 112 cm³/mol. The second kappa shape index (κ2) is 8.64. The van der Waals surface area contributed by atoms with E-state index in [9.17, 15) is 31.1 Å². The van der Waals surface area contributed by atoms with Crippen molar-refractivity contribution in [1.82, 2.24) is 4.98 Å². The van der Waals surface area contributed by atoms with Gasteiger partial charge in [-0.3, -0.25) is 9.71 Å². The Bertz CT molecular complexity index is 1260. The van der Waals surface area contributed by atoms with Gasteiger partial charge in [-0.05, 0) is 36.2 Å². The third-order valence-electron chi connectivity index (χ3n) is 5.28. The molecule has 6 nitrogen and oxygen atoms in total. The van der Waals surface area contributed by atoms with Gasteiger partial charge in [-0.25, -0.2) is 4.39 Å². The normalized spacial score (nSPS) is 18.3. The lowest BCUT2D eigenvalue weighted by Crippen LogP contribution is -2.30. The van der Waals surface area contributed by atoms with E-state index in [-0.39, 0.29) is 23.8 Å². The van der Waals surface area contributed by atoms with Crippen molar-refractivity contribution in [2.45, 2.75) is 18.0 Å². The molecule has 2 heterocycles. The van der Waals surface area contributed by atoms with E-state index in [2.05, 4.69) is 4.98 Å². The first-order valence-corrected chi connectivity index (χ1v) is 11.3. The lowest BCUT2D eigenvalue weighted by Gasteiger charge is -2.30. The van der Waals surface area contributed by atoms with Crippen LogP contribution in [0.5, 0.6) is 5.75 Å². The number of rotatable bonds is 5. The Morgan fingerprint density at radius 2 is 1.88 bits per heavy atom. The molecular formula is C22H18F4N2O4S. The number of nitrogens with one attached hydrogen (secondary N) is 1. The Morgan fingerprint density at radius 1 is 1.12 bits per heavy atom. The van der Waals surface area contributed by atoms with Crippen LogP contribution < -0.4 is 9.46 Å². The number of hydrogen-bond donors (Lipinski definition) is 2. The van der Waals surface area contributed by atoms with Gasteiger partial charge < -0.3 is 9.84 Å². The monoisotopic (exact) mass is 482 g/mol. The zero-order chi connectivity index (χ0) is 23.8. The summed E-state index contributed by atoms with van der Waals surface area (Å²) in [6.45, 7) is 0.138. The second-order valence-electron chi connectivity index (χ2n) is 7.54. The number of benzene rings is 2. The summed E-state index contributed by atoms with van der Waals surface area (Å²) in [5.41, 5.74) is -4.02. The first-order chi connectivity index (χ1) is 15.5. The highest BCUT2D eigenvalue weighted by Crippen LogP contribution is 2.40. The molecule has 2 N–H and O–H groups in total. The quantitative estimate of drug-likeness (QED) is 0.526. The smallest absolute Gasteiger partial charge is 0.493 e. The number of aliphatic hydroxyl groups excluding tert-OH is 1. The molecule has 2 aromatic carbocycles. The number of fused-ring (bicyclic) bond motifs is 1. The van der Waals surface area contributed by atoms with Crippen molar-refractivity contribution in [3.05, 3.63) is 77.9 Å². The van der Waals surface area contributed by atoms with Gasteiger partial charge in [-0.1, -0.05) is 30.3 Å². The van der Waals surface area contributed by atoms with Crippen molar-refractivity contribution in [2.75, 3.05) is 11.3 Å². The maximum Gasteiger partial charge on any atom is 0.516 e. The first kappa shape index (κ1) is 23.0. The van der Waals surface area contributed by atoms with Gasteiger partial charge in [-0.2, -0.15) is 21.6 Å². The Balaban J connectivity index is 1.60. The van der Waals surface area contributed by atoms with Crippen molar-refractivity contribution < 1.29 is 35.8 Å². The number of halogens is 4. The van der Waals surface area contributed by atoms with E-state index < -0.39 is 27.5 Å². The summed E-state index contributed by atoms with van der Waals surface area (Å²) in [7, 11) is -5.60. The number of anilines is 1. The molecule has 1 aromatic heterocycles. The van der Waals surface area contributed by atoms with Crippen LogP contribution in [-0.4, -0.2) is 30.6 Å². The highest BCUT2D eigenvalue weighted by Gasteiger charge is 2.46. The SMILES string of the molecule is O=S(=O)(Nc1ccccc1-c1ccc2c(c1)OC[C@H](Cc1ccc(F)cn1)[C@H]2O)C(F)(F)F. The Kier molecular flexibility index (Phi) is 6.02. The average Bonchev–Trinajstić information content (AvgIpc) is 2.76. The molecule has 1 aliphatic heterocycles. The van der Waals surface area contributed by atoms with E-state index in [4.69, 9.17) is 4.74 Å². The molecule has 33 heavy (non-hydrogen) atoms. The van der Waals surface area contributed by atoms with Crippen LogP contribution >= 0.6 is 0 Å². The molecule has 0 radical (unpaired) electrons. The van der Waals surface area contributed by atoms with Crippen LogP contribution in [0.15, 0.2) is 60.8 Å². The number of ether oxygens (including phenoxy) is 1. The Labute approximate surface area is 186 Å². The van der Waals surface area contributed by atoms with Gasteiger partial charge in [0.25, 0.3) is 0 Å². The van der Waals surface area contributed by atoms with Crippen LogP contribution in [0.1, 0.15) is 17.4 Å². The van der Waals surface area contributed by atoms with Gasteiger partial charge in [0, 0.05) is 22.7 Å². The van der Waals surface area contributed by atoms with Crippen LogP contribution in [0.25, 0.3) is 11.1 Å². The van der Waals surface area contributed by atoms with Gasteiger partial charge in [-0.15, -0.1) is 0 Å². The van der Waals surface area contributed by atoms with E-state index in [0.717, 1.165) is 6.20 Å². The lowest BCUT2D eigenvalue weighted by molar-refractivity contribution is -0.0429. The molecule has 0 saturated heterocycles. The Morgan fingerprint density at radius 3 is 2.58 bits per heavy atom. The fourth-order valence-electron chi connectivity index (χ4n) is 3.61. The molecule has 0 saturated carbocycles. The van der Waals surface area contributed by atoms with Crippen molar-refractivity contribution in [2.24, 2.45) is 5.92 Å². The van der Waals surface area contributed by atoms with Crippen LogP contribution in [0.4, 0.5) is 23.2 Å². The van der Waals surface area contributed by atoms with Gasteiger partial charge in [0.1, 0.15) is 11.6 Å². The van der Waals surface area contributed by atoms with Gasteiger partial charge in [0.2, 0.25) is 0 Å². The molecule has 0 amide bonds. The number of hydrogen-bond acceptors (Lipinski definition) is 5. The van der Waals surface area contributed by atoms with Crippen LogP contribution in [0, 0.1) is 11.7 Å². The minimum Gasteiger partial charge on any atom is -0.493 e. The Hall–Kier alpha value is -3.18. The summed E-state index contributed by atoms with van der Waals surface area (Å²) in [5.74, 6) is -0.473. The van der Waals surface area contributed by atoms with E-state index in [0.29, 0.717) is 29.0 Å². The number of nitrogens with zero attached hydrogens (tertiary/aromatic N) is 1. The summed E-state index contributed by atoms with van der Waals surface area (Å²) in [6, 6.07) is 13.1. The molecule has 1 aliphatic rings. The molecule has 174 valence electrons. The summed E-state index contributed by atoms with van der Waals surface area (Å²) in [5, 5.41) is 10.8. The van der Waals surface area contributed by atoms with Crippen molar-refractivity contribution in [3.8, 4) is 16.9 Å². The van der Waals surface area contributed by atoms with Crippen molar-refractivity contribution in [1.29, 1.82) is 0 Å². The number of aromatic nitrogens is 1. The average molecular weight is 482 g/mol. The van der Waals surface area contributed by atoms with Crippen molar-refractivity contribution >= 4 is 15.7 Å². The zero-order valence-electron chi connectivity index (χ0n) is 16.9. The molecular weight excluding hydrogens is 464 g/mol. The second-order valence-corrected chi connectivity index (χ2v) is 9.21. The molecule has 2 atom stereocenters. The predicted octanol–water partition coefficient (Wildman–Crippen LogP) is 4.43.